The fraction of sp³-hybridized carbons (Fsp3) is 0.667. The van der Waals surface area contributed by atoms with Gasteiger partial charge in [-0.05, 0) is 43.4 Å². The van der Waals surface area contributed by atoms with Crippen molar-refractivity contribution >= 4 is 10.8 Å². The molecule has 3 atom stereocenters. The zero-order chi connectivity index (χ0) is 14.7. The van der Waals surface area contributed by atoms with Crippen LogP contribution >= 0.6 is 0 Å². The number of benzene rings is 1. The molecule has 0 saturated heterocycles. The highest BCUT2D eigenvalue weighted by molar-refractivity contribution is 7.86. The summed E-state index contributed by atoms with van der Waals surface area (Å²) in [4.78, 5) is 0. The molecule has 3 unspecified atom stereocenters. The fourth-order valence-corrected chi connectivity index (χ4v) is 6.01. The number of rotatable bonds is 5. The predicted octanol–water partition coefficient (Wildman–Crippen LogP) is 3.73. The molecule has 1 aromatic rings. The number of nitrogens with one attached hydrogen (secondary N) is 1. The van der Waals surface area contributed by atoms with Crippen LogP contribution < -0.4 is 5.32 Å². The lowest BCUT2D eigenvalue weighted by atomic mass is 10.0. The normalized spacial score (nSPS) is 27.5. The van der Waals surface area contributed by atoms with Crippen LogP contribution in [0.15, 0.2) is 24.3 Å². The average Bonchev–Trinajstić information content (AvgIpc) is 2.91. The van der Waals surface area contributed by atoms with E-state index in [-0.39, 0.29) is 5.25 Å². The maximum atomic E-state index is 13.1. The Bertz CT molecular complexity index is 496. The molecule has 21 heavy (non-hydrogen) atoms. The Kier molecular flexibility index (Phi) is 5.12. The molecule has 0 bridgehead atoms. The second-order valence-electron chi connectivity index (χ2n) is 6.46. The van der Waals surface area contributed by atoms with E-state index >= 15 is 0 Å². The van der Waals surface area contributed by atoms with Crippen LogP contribution in [0.3, 0.4) is 0 Å². The molecule has 116 valence electrons. The first kappa shape index (κ1) is 15.2. The van der Waals surface area contributed by atoms with Gasteiger partial charge in [0.25, 0.3) is 0 Å². The van der Waals surface area contributed by atoms with E-state index in [0.717, 1.165) is 19.4 Å². The summed E-state index contributed by atoms with van der Waals surface area (Å²) in [7, 11) is -0.704. The summed E-state index contributed by atoms with van der Waals surface area (Å²) >= 11 is 0. The van der Waals surface area contributed by atoms with E-state index in [2.05, 4.69) is 36.5 Å². The Morgan fingerprint density at radius 3 is 2.71 bits per heavy atom. The summed E-state index contributed by atoms with van der Waals surface area (Å²) in [6, 6.07) is 8.96. The van der Waals surface area contributed by atoms with E-state index < -0.39 is 10.8 Å². The second-order valence-corrected chi connectivity index (χ2v) is 8.39. The third-order valence-corrected chi connectivity index (χ3v) is 7.14. The van der Waals surface area contributed by atoms with Gasteiger partial charge in [-0.1, -0.05) is 50.5 Å². The van der Waals surface area contributed by atoms with E-state index in [1.54, 1.807) is 0 Å². The van der Waals surface area contributed by atoms with Gasteiger partial charge in [0.1, 0.15) is 0 Å². The number of fused-ring (bicyclic) bond motifs is 1. The SMILES string of the molecule is CCCNC1c2ccccc2CC1S(=O)C1CCCCC1. The lowest BCUT2D eigenvalue weighted by Gasteiger charge is -2.28. The third-order valence-electron chi connectivity index (χ3n) is 4.98. The smallest absolute Gasteiger partial charge is 0.0586 e. The van der Waals surface area contributed by atoms with Crippen LogP contribution in [0.25, 0.3) is 0 Å². The lowest BCUT2D eigenvalue weighted by molar-refractivity contribution is 0.487. The molecule has 0 aromatic heterocycles. The Morgan fingerprint density at radius 2 is 1.95 bits per heavy atom. The molecule has 1 N–H and O–H groups in total. The van der Waals surface area contributed by atoms with Crippen LogP contribution in [0.1, 0.15) is 62.6 Å². The van der Waals surface area contributed by atoms with Crippen LogP contribution in [0.4, 0.5) is 0 Å². The maximum absolute atomic E-state index is 13.1. The summed E-state index contributed by atoms with van der Waals surface area (Å²) < 4.78 is 13.1. The molecule has 0 radical (unpaired) electrons. The van der Waals surface area contributed by atoms with Gasteiger partial charge < -0.3 is 5.32 Å². The van der Waals surface area contributed by atoms with Gasteiger partial charge in [-0.3, -0.25) is 4.21 Å². The van der Waals surface area contributed by atoms with Gasteiger partial charge in [-0.2, -0.15) is 0 Å². The Labute approximate surface area is 131 Å². The van der Waals surface area contributed by atoms with Crippen molar-refractivity contribution in [3.63, 3.8) is 0 Å². The first-order chi connectivity index (χ1) is 10.3. The topological polar surface area (TPSA) is 29.1 Å². The molecule has 0 heterocycles. The van der Waals surface area contributed by atoms with Crippen molar-refractivity contribution in [2.75, 3.05) is 6.54 Å². The van der Waals surface area contributed by atoms with Crippen LogP contribution in [0.5, 0.6) is 0 Å². The van der Waals surface area contributed by atoms with Crippen molar-refractivity contribution in [1.29, 1.82) is 0 Å². The molecule has 2 aliphatic rings. The largest absolute Gasteiger partial charge is 0.309 e. The predicted molar refractivity (Wildman–Crippen MR) is 90.0 cm³/mol. The highest BCUT2D eigenvalue weighted by Crippen LogP contribution is 2.37. The Morgan fingerprint density at radius 1 is 1.19 bits per heavy atom. The third kappa shape index (κ3) is 3.24. The Balaban J connectivity index is 1.78. The first-order valence-electron chi connectivity index (χ1n) is 8.52. The molecule has 2 aliphatic carbocycles. The number of hydrogen-bond donors (Lipinski definition) is 1. The zero-order valence-corrected chi connectivity index (χ0v) is 13.8. The molecular formula is C18H27NOS. The van der Waals surface area contributed by atoms with E-state index in [4.69, 9.17) is 0 Å². The highest BCUT2D eigenvalue weighted by Gasteiger charge is 2.38. The monoisotopic (exact) mass is 305 g/mol. The molecular weight excluding hydrogens is 278 g/mol. The van der Waals surface area contributed by atoms with Crippen LogP contribution in [-0.2, 0) is 17.2 Å². The van der Waals surface area contributed by atoms with E-state index in [1.165, 1.54) is 43.2 Å². The van der Waals surface area contributed by atoms with Crippen LogP contribution in [0, 0.1) is 0 Å². The van der Waals surface area contributed by atoms with E-state index in [0.29, 0.717) is 11.3 Å². The van der Waals surface area contributed by atoms with Crippen molar-refractivity contribution in [3.05, 3.63) is 35.4 Å². The first-order valence-corrected chi connectivity index (χ1v) is 9.79. The van der Waals surface area contributed by atoms with Crippen molar-refractivity contribution in [2.24, 2.45) is 0 Å². The number of hydrogen-bond acceptors (Lipinski definition) is 2. The molecule has 0 amide bonds. The van der Waals surface area contributed by atoms with Crippen molar-refractivity contribution in [1.82, 2.24) is 5.32 Å². The molecule has 1 saturated carbocycles. The minimum absolute atomic E-state index is 0.275. The minimum atomic E-state index is -0.704. The van der Waals surface area contributed by atoms with Gasteiger partial charge in [0.05, 0.1) is 5.25 Å². The van der Waals surface area contributed by atoms with Crippen molar-refractivity contribution < 1.29 is 4.21 Å². The molecule has 0 spiro atoms. The van der Waals surface area contributed by atoms with Gasteiger partial charge in [0.15, 0.2) is 0 Å². The van der Waals surface area contributed by atoms with E-state index in [1.807, 2.05) is 0 Å². The Hall–Kier alpha value is -0.670. The molecule has 3 heteroatoms. The minimum Gasteiger partial charge on any atom is -0.309 e. The van der Waals surface area contributed by atoms with Crippen molar-refractivity contribution in [2.45, 2.75) is 68.4 Å². The molecule has 1 aromatic carbocycles. The van der Waals surface area contributed by atoms with E-state index in [9.17, 15) is 4.21 Å². The van der Waals surface area contributed by atoms with Crippen molar-refractivity contribution in [3.8, 4) is 0 Å². The maximum Gasteiger partial charge on any atom is 0.0586 e. The second kappa shape index (κ2) is 7.06. The van der Waals surface area contributed by atoms with Crippen LogP contribution in [0.2, 0.25) is 0 Å². The zero-order valence-electron chi connectivity index (χ0n) is 13.0. The summed E-state index contributed by atoms with van der Waals surface area (Å²) in [5.41, 5.74) is 2.79. The van der Waals surface area contributed by atoms with Gasteiger partial charge in [-0.15, -0.1) is 0 Å². The van der Waals surface area contributed by atoms with Gasteiger partial charge in [0.2, 0.25) is 0 Å². The van der Waals surface area contributed by atoms with Gasteiger partial charge in [-0.25, -0.2) is 0 Å². The molecule has 3 rings (SSSR count). The average molecular weight is 305 g/mol. The quantitative estimate of drug-likeness (QED) is 0.898. The van der Waals surface area contributed by atoms with Crippen LogP contribution in [-0.4, -0.2) is 21.3 Å². The van der Waals surface area contributed by atoms with Gasteiger partial charge in [0, 0.05) is 22.1 Å². The summed E-state index contributed by atoms with van der Waals surface area (Å²) in [6.07, 6.45) is 8.31. The fourth-order valence-electron chi connectivity index (χ4n) is 3.86. The molecule has 2 nitrogen and oxygen atoms in total. The molecule has 1 fully saturated rings. The van der Waals surface area contributed by atoms with Gasteiger partial charge >= 0.3 is 0 Å². The standard InChI is InChI=1S/C18H27NOS/c1-2-12-19-18-16-11-7-6-8-14(16)13-17(18)21(20)15-9-4-3-5-10-15/h6-8,11,15,17-19H,2-5,9-10,12-13H2,1H3. The summed E-state index contributed by atoms with van der Waals surface area (Å²) in [5, 5.41) is 4.37. The molecule has 0 aliphatic heterocycles. The summed E-state index contributed by atoms with van der Waals surface area (Å²) in [5.74, 6) is 0. The highest BCUT2D eigenvalue weighted by atomic mass is 32.2. The summed E-state index contributed by atoms with van der Waals surface area (Å²) in [6.45, 7) is 3.21. The lowest BCUT2D eigenvalue weighted by Crippen LogP contribution is -2.37.